The Bertz CT molecular complexity index is 972. The highest BCUT2D eigenvalue weighted by atomic mass is 16.5. The van der Waals surface area contributed by atoms with Gasteiger partial charge in [-0.15, -0.1) is 0 Å². The summed E-state index contributed by atoms with van der Waals surface area (Å²) in [5, 5.41) is 6.15. The Kier molecular flexibility index (Phi) is 6.22. The monoisotopic (exact) mass is 376 g/mol. The summed E-state index contributed by atoms with van der Waals surface area (Å²) < 4.78 is 5.32. The number of rotatable bonds is 7. The largest absolute Gasteiger partial charge is 0.496 e. The standard InChI is InChI=1S/C22H24N4O2/c1-15-7-6-8-17(11-15)13-23-21-12-19(25-16(2)26-21)22(27)24-14-18-9-4-5-10-20(18)28-3/h4-12H,13-14H2,1-3H3,(H,24,27)(H,23,25,26). The van der Waals surface area contributed by atoms with Crippen molar-refractivity contribution in [2.75, 3.05) is 12.4 Å². The first-order valence-electron chi connectivity index (χ1n) is 9.10. The van der Waals surface area contributed by atoms with Gasteiger partial charge in [-0.2, -0.15) is 0 Å². The van der Waals surface area contributed by atoms with E-state index in [9.17, 15) is 4.79 Å². The molecule has 6 nitrogen and oxygen atoms in total. The number of amides is 1. The number of aromatic nitrogens is 2. The molecule has 0 fully saturated rings. The Morgan fingerprint density at radius 2 is 1.82 bits per heavy atom. The fraction of sp³-hybridized carbons (Fsp3) is 0.227. The van der Waals surface area contributed by atoms with Gasteiger partial charge in [0.1, 0.15) is 23.1 Å². The zero-order valence-electron chi connectivity index (χ0n) is 16.3. The van der Waals surface area contributed by atoms with Crippen molar-refractivity contribution in [1.29, 1.82) is 0 Å². The summed E-state index contributed by atoms with van der Waals surface area (Å²) in [4.78, 5) is 21.2. The molecule has 0 aliphatic rings. The van der Waals surface area contributed by atoms with Crippen molar-refractivity contribution in [3.05, 3.63) is 82.8 Å². The van der Waals surface area contributed by atoms with Crippen LogP contribution in [-0.4, -0.2) is 23.0 Å². The third-order valence-electron chi connectivity index (χ3n) is 4.26. The zero-order chi connectivity index (χ0) is 19.9. The summed E-state index contributed by atoms with van der Waals surface area (Å²) in [5.41, 5.74) is 3.59. The summed E-state index contributed by atoms with van der Waals surface area (Å²) >= 11 is 0. The molecule has 3 aromatic rings. The lowest BCUT2D eigenvalue weighted by molar-refractivity contribution is 0.0945. The van der Waals surface area contributed by atoms with Gasteiger partial charge in [-0.1, -0.05) is 48.0 Å². The number of aryl methyl sites for hydroxylation is 2. The molecule has 2 aromatic carbocycles. The van der Waals surface area contributed by atoms with E-state index in [2.05, 4.69) is 45.7 Å². The average molecular weight is 376 g/mol. The molecule has 1 aromatic heterocycles. The summed E-state index contributed by atoms with van der Waals surface area (Å²) in [6, 6.07) is 17.5. The highest BCUT2D eigenvalue weighted by Gasteiger charge is 2.11. The molecule has 0 radical (unpaired) electrons. The minimum Gasteiger partial charge on any atom is -0.496 e. The van der Waals surface area contributed by atoms with Gasteiger partial charge in [-0.05, 0) is 25.5 Å². The minimum absolute atomic E-state index is 0.255. The fourth-order valence-corrected chi connectivity index (χ4v) is 2.90. The van der Waals surface area contributed by atoms with Crippen molar-refractivity contribution in [1.82, 2.24) is 15.3 Å². The van der Waals surface area contributed by atoms with Gasteiger partial charge < -0.3 is 15.4 Å². The predicted molar refractivity (Wildman–Crippen MR) is 109 cm³/mol. The number of nitrogens with one attached hydrogen (secondary N) is 2. The molecule has 0 bridgehead atoms. The molecule has 0 aliphatic heterocycles. The van der Waals surface area contributed by atoms with Crippen LogP contribution in [-0.2, 0) is 13.1 Å². The first-order valence-corrected chi connectivity index (χ1v) is 9.10. The SMILES string of the molecule is COc1ccccc1CNC(=O)c1cc(NCc2cccc(C)c2)nc(C)n1. The molecule has 1 heterocycles. The second kappa shape index (κ2) is 8.99. The normalized spacial score (nSPS) is 10.4. The smallest absolute Gasteiger partial charge is 0.270 e. The molecule has 3 rings (SSSR count). The number of carbonyl (C=O) groups is 1. The molecule has 0 spiro atoms. The fourth-order valence-electron chi connectivity index (χ4n) is 2.90. The molecule has 28 heavy (non-hydrogen) atoms. The van der Waals surface area contributed by atoms with Crippen LogP contribution in [0.5, 0.6) is 5.75 Å². The Balaban J connectivity index is 1.67. The first-order chi connectivity index (χ1) is 13.5. The van der Waals surface area contributed by atoms with Crippen LogP contribution in [0.3, 0.4) is 0 Å². The number of para-hydroxylation sites is 1. The molecule has 0 aliphatic carbocycles. The maximum Gasteiger partial charge on any atom is 0.270 e. The van der Waals surface area contributed by atoms with Crippen LogP contribution in [0.4, 0.5) is 5.82 Å². The lowest BCUT2D eigenvalue weighted by Crippen LogP contribution is -2.24. The van der Waals surface area contributed by atoms with Gasteiger partial charge in [0.25, 0.3) is 5.91 Å². The van der Waals surface area contributed by atoms with E-state index >= 15 is 0 Å². The van der Waals surface area contributed by atoms with E-state index in [0.29, 0.717) is 30.4 Å². The van der Waals surface area contributed by atoms with Crippen LogP contribution in [0.25, 0.3) is 0 Å². The molecule has 6 heteroatoms. The number of carbonyl (C=O) groups excluding carboxylic acids is 1. The van der Waals surface area contributed by atoms with Gasteiger partial charge >= 0.3 is 0 Å². The molecule has 1 amide bonds. The minimum atomic E-state index is -0.255. The maximum atomic E-state index is 12.6. The molecule has 0 unspecified atom stereocenters. The Hall–Kier alpha value is -3.41. The van der Waals surface area contributed by atoms with Crippen LogP contribution in [0, 0.1) is 13.8 Å². The molecule has 0 saturated carbocycles. The van der Waals surface area contributed by atoms with Crippen LogP contribution in [0.1, 0.15) is 33.0 Å². The summed E-state index contributed by atoms with van der Waals surface area (Å²) in [5.74, 6) is 1.64. The maximum absolute atomic E-state index is 12.6. The second-order valence-electron chi connectivity index (χ2n) is 6.52. The molecular formula is C22H24N4O2. The lowest BCUT2D eigenvalue weighted by Gasteiger charge is -2.11. The van der Waals surface area contributed by atoms with E-state index in [4.69, 9.17) is 4.74 Å². The molecule has 0 saturated heterocycles. The van der Waals surface area contributed by atoms with Crippen molar-refractivity contribution >= 4 is 11.7 Å². The molecule has 144 valence electrons. The number of hydrogen-bond acceptors (Lipinski definition) is 5. The molecule has 2 N–H and O–H groups in total. The van der Waals surface area contributed by atoms with Crippen LogP contribution in [0.2, 0.25) is 0 Å². The van der Waals surface area contributed by atoms with Crippen molar-refractivity contribution in [2.24, 2.45) is 0 Å². The molecule has 0 atom stereocenters. The number of ether oxygens (including phenoxy) is 1. The first kappa shape index (κ1) is 19.4. The third kappa shape index (κ3) is 5.07. The van der Waals surface area contributed by atoms with Gasteiger partial charge in [0.2, 0.25) is 0 Å². The summed E-state index contributed by atoms with van der Waals surface area (Å²) in [6.45, 7) is 4.82. The topological polar surface area (TPSA) is 76.1 Å². The lowest BCUT2D eigenvalue weighted by atomic mass is 10.1. The van der Waals surface area contributed by atoms with Gasteiger partial charge in [-0.25, -0.2) is 9.97 Å². The second-order valence-corrected chi connectivity index (χ2v) is 6.52. The van der Waals surface area contributed by atoms with E-state index < -0.39 is 0 Å². The van der Waals surface area contributed by atoms with Gasteiger partial charge in [0, 0.05) is 24.7 Å². The number of benzene rings is 2. The van der Waals surface area contributed by atoms with Gasteiger partial charge in [0.05, 0.1) is 7.11 Å². The van der Waals surface area contributed by atoms with E-state index in [1.54, 1.807) is 20.1 Å². The van der Waals surface area contributed by atoms with Crippen LogP contribution < -0.4 is 15.4 Å². The van der Waals surface area contributed by atoms with E-state index in [0.717, 1.165) is 16.9 Å². The predicted octanol–water partition coefficient (Wildman–Crippen LogP) is 3.64. The van der Waals surface area contributed by atoms with E-state index in [1.165, 1.54) is 5.56 Å². The Morgan fingerprint density at radius 3 is 2.61 bits per heavy atom. The van der Waals surface area contributed by atoms with Gasteiger partial charge in [0.15, 0.2) is 0 Å². The van der Waals surface area contributed by atoms with E-state index in [-0.39, 0.29) is 5.91 Å². The van der Waals surface area contributed by atoms with Crippen molar-refractivity contribution in [3.8, 4) is 5.75 Å². The van der Waals surface area contributed by atoms with Crippen molar-refractivity contribution < 1.29 is 9.53 Å². The number of anilines is 1. The Morgan fingerprint density at radius 1 is 1.00 bits per heavy atom. The number of nitrogens with zero attached hydrogens (tertiary/aromatic N) is 2. The highest BCUT2D eigenvalue weighted by molar-refractivity contribution is 5.92. The van der Waals surface area contributed by atoms with E-state index in [1.807, 2.05) is 30.3 Å². The van der Waals surface area contributed by atoms with Crippen molar-refractivity contribution in [2.45, 2.75) is 26.9 Å². The summed E-state index contributed by atoms with van der Waals surface area (Å²) in [6.07, 6.45) is 0. The van der Waals surface area contributed by atoms with Crippen molar-refractivity contribution in [3.63, 3.8) is 0 Å². The van der Waals surface area contributed by atoms with Gasteiger partial charge in [-0.3, -0.25) is 4.79 Å². The van der Waals surface area contributed by atoms with Crippen LogP contribution in [0.15, 0.2) is 54.6 Å². The number of hydrogen-bond donors (Lipinski definition) is 2. The number of methoxy groups -OCH3 is 1. The average Bonchev–Trinajstić information content (AvgIpc) is 2.70. The summed E-state index contributed by atoms with van der Waals surface area (Å²) in [7, 11) is 1.61. The molecular weight excluding hydrogens is 352 g/mol. The Labute approximate surface area is 165 Å². The zero-order valence-corrected chi connectivity index (χ0v) is 16.3. The third-order valence-corrected chi connectivity index (χ3v) is 4.26. The highest BCUT2D eigenvalue weighted by Crippen LogP contribution is 2.17. The van der Waals surface area contributed by atoms with Crippen LogP contribution >= 0.6 is 0 Å². The quantitative estimate of drug-likeness (QED) is 0.658.